The smallest absolute Gasteiger partial charge is 0.236 e. The van der Waals surface area contributed by atoms with Crippen molar-refractivity contribution in [1.82, 2.24) is 0 Å². The van der Waals surface area contributed by atoms with Gasteiger partial charge in [-0.05, 0) is 43.7 Å². The molecule has 0 radical (unpaired) electrons. The van der Waals surface area contributed by atoms with Gasteiger partial charge in [0.1, 0.15) is 0 Å². The van der Waals surface area contributed by atoms with Crippen LogP contribution in [-0.2, 0) is 9.53 Å². The summed E-state index contributed by atoms with van der Waals surface area (Å²) in [4.78, 5) is 12.1. The Morgan fingerprint density at radius 3 is 2.79 bits per heavy atom. The van der Waals surface area contributed by atoms with Crippen molar-refractivity contribution in [3.8, 4) is 11.8 Å². The molecule has 24 heavy (non-hydrogen) atoms. The van der Waals surface area contributed by atoms with Gasteiger partial charge in [-0.1, -0.05) is 56.7 Å². The van der Waals surface area contributed by atoms with E-state index < -0.39 is 18.0 Å². The number of Topliss-reactive ketones (excluding diaryl/α,β-unsaturated/α-hetero) is 1. The number of rotatable bonds is 7. The zero-order valence-electron chi connectivity index (χ0n) is 14.5. The summed E-state index contributed by atoms with van der Waals surface area (Å²) in [5.41, 5.74) is 0.774. The number of hydrogen-bond donors (Lipinski definition) is 1. The standard InChI is InChI=1S/C21H28O3/c1-2-3-4-8-12-18-13-9-14-20(24-18)21(23)19(22)16-15-17-10-6-5-7-11-17/h5-7,10-11,18,20-21,23H,2-4,8-9,12-14H2,1H3/t18-,20+,21+/m0/s1. The highest BCUT2D eigenvalue weighted by Crippen LogP contribution is 2.25. The van der Waals surface area contributed by atoms with Gasteiger partial charge in [0, 0.05) is 5.56 Å². The Morgan fingerprint density at radius 1 is 1.25 bits per heavy atom. The van der Waals surface area contributed by atoms with Crippen molar-refractivity contribution < 1.29 is 14.6 Å². The molecule has 1 saturated heterocycles. The maximum atomic E-state index is 12.1. The van der Waals surface area contributed by atoms with Gasteiger partial charge < -0.3 is 9.84 Å². The van der Waals surface area contributed by atoms with Gasteiger partial charge in [0.25, 0.3) is 0 Å². The molecule has 0 saturated carbocycles. The van der Waals surface area contributed by atoms with Gasteiger partial charge in [-0.3, -0.25) is 4.79 Å². The predicted octanol–water partition coefficient (Wildman–Crippen LogP) is 3.88. The van der Waals surface area contributed by atoms with E-state index in [4.69, 9.17) is 4.74 Å². The summed E-state index contributed by atoms with van der Waals surface area (Å²) in [6.07, 6.45) is 7.26. The molecule has 0 unspecified atom stereocenters. The number of ketones is 1. The first kappa shape index (κ1) is 18.7. The lowest BCUT2D eigenvalue weighted by atomic mass is 9.95. The number of aliphatic hydroxyl groups is 1. The van der Waals surface area contributed by atoms with Gasteiger partial charge in [-0.25, -0.2) is 0 Å². The largest absolute Gasteiger partial charge is 0.381 e. The highest BCUT2D eigenvalue weighted by Gasteiger charge is 2.31. The fourth-order valence-electron chi connectivity index (χ4n) is 3.07. The van der Waals surface area contributed by atoms with Crippen molar-refractivity contribution in [2.24, 2.45) is 0 Å². The molecule has 3 nitrogen and oxygen atoms in total. The number of carbonyl (C=O) groups excluding carboxylic acids is 1. The van der Waals surface area contributed by atoms with Crippen molar-refractivity contribution in [1.29, 1.82) is 0 Å². The molecule has 3 heteroatoms. The molecule has 1 aliphatic rings. The maximum Gasteiger partial charge on any atom is 0.236 e. The first-order valence-corrected chi connectivity index (χ1v) is 9.15. The van der Waals surface area contributed by atoms with Crippen molar-refractivity contribution in [3.63, 3.8) is 0 Å². The Bertz CT molecular complexity index is 555. The van der Waals surface area contributed by atoms with Crippen LogP contribution in [0.2, 0.25) is 0 Å². The van der Waals surface area contributed by atoms with Gasteiger partial charge in [-0.15, -0.1) is 0 Å². The van der Waals surface area contributed by atoms with E-state index in [9.17, 15) is 9.90 Å². The molecule has 1 fully saturated rings. The molecule has 1 heterocycles. The summed E-state index contributed by atoms with van der Waals surface area (Å²) < 4.78 is 5.96. The normalized spacial score (nSPS) is 21.6. The molecular formula is C21H28O3. The molecule has 130 valence electrons. The summed E-state index contributed by atoms with van der Waals surface area (Å²) >= 11 is 0. The highest BCUT2D eigenvalue weighted by atomic mass is 16.5. The minimum absolute atomic E-state index is 0.171. The van der Waals surface area contributed by atoms with Crippen molar-refractivity contribution in [2.75, 3.05) is 0 Å². The van der Waals surface area contributed by atoms with E-state index in [1.165, 1.54) is 19.3 Å². The monoisotopic (exact) mass is 328 g/mol. The number of unbranched alkanes of at least 4 members (excludes halogenated alkanes) is 3. The number of hydrogen-bond acceptors (Lipinski definition) is 3. The van der Waals surface area contributed by atoms with Crippen molar-refractivity contribution in [3.05, 3.63) is 35.9 Å². The Morgan fingerprint density at radius 2 is 2.04 bits per heavy atom. The second kappa shape index (κ2) is 10.3. The third-order valence-corrected chi connectivity index (χ3v) is 4.49. The summed E-state index contributed by atoms with van der Waals surface area (Å²) in [6, 6.07) is 9.33. The second-order valence-corrected chi connectivity index (χ2v) is 6.50. The summed E-state index contributed by atoms with van der Waals surface area (Å²) in [7, 11) is 0. The molecular weight excluding hydrogens is 300 g/mol. The number of ether oxygens (including phenoxy) is 1. The molecule has 1 aromatic carbocycles. The molecule has 0 aromatic heterocycles. The topological polar surface area (TPSA) is 46.5 Å². The average Bonchev–Trinajstić information content (AvgIpc) is 2.64. The van der Waals surface area contributed by atoms with E-state index in [1.807, 2.05) is 30.3 Å². The lowest BCUT2D eigenvalue weighted by Gasteiger charge is -2.32. The van der Waals surface area contributed by atoms with E-state index in [2.05, 4.69) is 18.8 Å². The van der Waals surface area contributed by atoms with E-state index in [1.54, 1.807) is 0 Å². The molecule has 2 rings (SSSR count). The van der Waals surface area contributed by atoms with E-state index in [-0.39, 0.29) is 6.10 Å². The van der Waals surface area contributed by atoms with Crippen LogP contribution in [0.5, 0.6) is 0 Å². The second-order valence-electron chi connectivity index (χ2n) is 6.50. The van der Waals surface area contributed by atoms with E-state index in [0.717, 1.165) is 37.7 Å². The molecule has 0 bridgehead atoms. The van der Waals surface area contributed by atoms with E-state index in [0.29, 0.717) is 0 Å². The minimum Gasteiger partial charge on any atom is -0.381 e. The van der Waals surface area contributed by atoms with Crippen LogP contribution in [0.25, 0.3) is 0 Å². The lowest BCUT2D eigenvalue weighted by Crippen LogP contribution is -2.40. The molecule has 0 amide bonds. The van der Waals surface area contributed by atoms with Crippen LogP contribution >= 0.6 is 0 Å². The Hall–Kier alpha value is -1.63. The van der Waals surface area contributed by atoms with Crippen LogP contribution < -0.4 is 0 Å². The zero-order chi connectivity index (χ0) is 17.2. The Labute approximate surface area is 145 Å². The first-order valence-electron chi connectivity index (χ1n) is 9.15. The van der Waals surface area contributed by atoms with Crippen LogP contribution in [0, 0.1) is 11.8 Å². The van der Waals surface area contributed by atoms with Crippen LogP contribution in [0.4, 0.5) is 0 Å². The van der Waals surface area contributed by atoms with Gasteiger partial charge in [0.2, 0.25) is 5.78 Å². The molecule has 1 aliphatic heterocycles. The molecule has 0 spiro atoms. The first-order chi connectivity index (χ1) is 11.7. The average molecular weight is 328 g/mol. The van der Waals surface area contributed by atoms with Crippen LogP contribution in [0.15, 0.2) is 30.3 Å². The fraction of sp³-hybridized carbons (Fsp3) is 0.571. The van der Waals surface area contributed by atoms with Crippen LogP contribution in [0.1, 0.15) is 63.9 Å². The fourth-order valence-corrected chi connectivity index (χ4v) is 3.07. The number of carbonyl (C=O) groups is 1. The van der Waals surface area contributed by atoms with Gasteiger partial charge in [-0.2, -0.15) is 0 Å². The zero-order valence-corrected chi connectivity index (χ0v) is 14.5. The summed E-state index contributed by atoms with van der Waals surface area (Å²) in [6.45, 7) is 2.20. The third kappa shape index (κ3) is 6.11. The predicted molar refractivity (Wildman–Crippen MR) is 95.6 cm³/mol. The van der Waals surface area contributed by atoms with E-state index >= 15 is 0 Å². The number of benzene rings is 1. The molecule has 1 aromatic rings. The van der Waals surface area contributed by atoms with Crippen molar-refractivity contribution in [2.45, 2.75) is 76.6 Å². The SMILES string of the molecule is CCCCCC[C@H]1CCC[C@H]([C@H](O)C(=O)C#Cc2ccccc2)O1. The molecule has 0 aliphatic carbocycles. The van der Waals surface area contributed by atoms with Crippen molar-refractivity contribution >= 4 is 5.78 Å². The number of aliphatic hydroxyl groups excluding tert-OH is 1. The van der Waals surface area contributed by atoms with Crippen LogP contribution in [0.3, 0.4) is 0 Å². The summed E-state index contributed by atoms with van der Waals surface area (Å²) in [5, 5.41) is 10.3. The maximum absolute atomic E-state index is 12.1. The quantitative estimate of drug-likeness (QED) is 0.610. The Kier molecular flexibility index (Phi) is 8.01. The molecule has 1 N–H and O–H groups in total. The van der Waals surface area contributed by atoms with Gasteiger partial charge in [0.15, 0.2) is 6.10 Å². The Balaban J connectivity index is 1.83. The highest BCUT2D eigenvalue weighted by molar-refractivity contribution is 5.99. The van der Waals surface area contributed by atoms with Crippen LogP contribution in [-0.4, -0.2) is 29.2 Å². The van der Waals surface area contributed by atoms with Gasteiger partial charge in [0.05, 0.1) is 12.2 Å². The minimum atomic E-state index is -1.14. The summed E-state index contributed by atoms with van der Waals surface area (Å²) in [5.74, 6) is 4.91. The third-order valence-electron chi connectivity index (χ3n) is 4.49. The van der Waals surface area contributed by atoms with Gasteiger partial charge >= 0.3 is 0 Å². The molecule has 3 atom stereocenters. The lowest BCUT2D eigenvalue weighted by molar-refractivity contribution is -0.141.